The average molecular weight is 393 g/mol. The van der Waals surface area contributed by atoms with Crippen LogP contribution in [0.3, 0.4) is 0 Å². The Morgan fingerprint density at radius 3 is 2.37 bits per heavy atom. The molecule has 5 nitrogen and oxygen atoms in total. The maximum absolute atomic E-state index is 13.1. The number of nitrogens with one attached hydrogen (secondary N) is 3. The third-order valence-corrected chi connectivity index (χ3v) is 4.82. The first-order valence-electron chi connectivity index (χ1n) is 8.63. The van der Waals surface area contributed by atoms with E-state index in [4.69, 9.17) is 11.6 Å². The van der Waals surface area contributed by atoms with Gasteiger partial charge >= 0.3 is 0 Å². The summed E-state index contributed by atoms with van der Waals surface area (Å²) in [5.74, 6) is -0.956. The van der Waals surface area contributed by atoms with Crippen LogP contribution in [0.4, 0.5) is 15.8 Å². The third-order valence-electron chi connectivity index (χ3n) is 4.51. The van der Waals surface area contributed by atoms with Crippen molar-refractivity contribution < 1.29 is 18.9 Å². The first kappa shape index (κ1) is 20.9. The summed E-state index contributed by atoms with van der Waals surface area (Å²) in [5, 5.41) is 5.71. The quantitative estimate of drug-likeness (QED) is 0.707. The molecular formula is C20H24ClFN3O2+. The van der Waals surface area contributed by atoms with Crippen molar-refractivity contribution >= 4 is 34.8 Å². The normalized spacial score (nSPS) is 13.0. The van der Waals surface area contributed by atoms with Crippen LogP contribution in [-0.2, 0) is 9.59 Å². The van der Waals surface area contributed by atoms with Gasteiger partial charge in [0.1, 0.15) is 5.82 Å². The van der Waals surface area contributed by atoms with Crippen molar-refractivity contribution in [2.45, 2.75) is 26.8 Å². The maximum Gasteiger partial charge on any atom is 0.282 e. The van der Waals surface area contributed by atoms with Gasteiger partial charge in [-0.05, 0) is 50.1 Å². The van der Waals surface area contributed by atoms with Crippen LogP contribution in [-0.4, -0.2) is 31.4 Å². The molecule has 0 bridgehead atoms. The van der Waals surface area contributed by atoms with Crippen molar-refractivity contribution in [3.63, 3.8) is 0 Å². The smallest absolute Gasteiger partial charge is 0.282 e. The van der Waals surface area contributed by atoms with Gasteiger partial charge in [0.05, 0.1) is 17.8 Å². The molecule has 0 spiro atoms. The number of likely N-dealkylation sites (N-methyl/N-ethyl adjacent to an activating group) is 1. The second kappa shape index (κ2) is 8.97. The van der Waals surface area contributed by atoms with E-state index in [0.717, 1.165) is 27.8 Å². The number of rotatable bonds is 6. The van der Waals surface area contributed by atoms with E-state index in [9.17, 15) is 14.0 Å². The zero-order valence-corrected chi connectivity index (χ0v) is 16.6. The van der Waals surface area contributed by atoms with E-state index in [1.165, 1.54) is 12.1 Å². The highest BCUT2D eigenvalue weighted by molar-refractivity contribution is 6.33. The van der Waals surface area contributed by atoms with E-state index in [1.807, 2.05) is 32.0 Å². The Morgan fingerprint density at radius 1 is 1.15 bits per heavy atom. The number of quaternary nitrogens is 1. The molecule has 3 N–H and O–H groups in total. The summed E-state index contributed by atoms with van der Waals surface area (Å²) in [6.45, 7) is 5.71. The number of amides is 2. The monoisotopic (exact) mass is 392 g/mol. The Labute approximate surface area is 163 Å². The molecule has 0 fully saturated rings. The summed E-state index contributed by atoms with van der Waals surface area (Å²) in [7, 11) is 1.76. The topological polar surface area (TPSA) is 62.6 Å². The SMILES string of the molecule is Cc1cccc(C)c1NC(=O)C[NH+](C)[C@H](C)C(=O)Nc1ccc(F)cc1Cl. The minimum atomic E-state index is -0.505. The summed E-state index contributed by atoms with van der Waals surface area (Å²) in [5.41, 5.74) is 3.10. The number of benzene rings is 2. The number of carbonyl (C=O) groups is 2. The lowest BCUT2D eigenvalue weighted by Crippen LogP contribution is -3.14. The number of anilines is 2. The third kappa shape index (κ3) is 5.52. The van der Waals surface area contributed by atoms with Crippen LogP contribution in [0.1, 0.15) is 18.1 Å². The van der Waals surface area contributed by atoms with Gasteiger partial charge in [0.2, 0.25) is 0 Å². The van der Waals surface area contributed by atoms with Crippen molar-refractivity contribution in [2.24, 2.45) is 0 Å². The highest BCUT2D eigenvalue weighted by Crippen LogP contribution is 2.22. The van der Waals surface area contributed by atoms with Gasteiger partial charge in [0.25, 0.3) is 11.8 Å². The molecule has 0 saturated carbocycles. The number of hydrogen-bond acceptors (Lipinski definition) is 2. The first-order chi connectivity index (χ1) is 12.7. The fraction of sp³-hybridized carbons (Fsp3) is 0.300. The molecule has 0 aliphatic rings. The standard InChI is InChI=1S/C20H23ClFN3O2/c1-12-6-5-7-13(2)19(12)24-18(26)11-25(4)14(3)20(27)23-17-9-8-15(22)10-16(17)21/h5-10,14H,11H2,1-4H3,(H,23,27)(H,24,26)/p+1/t14-/m1/s1. The van der Waals surface area contributed by atoms with Gasteiger partial charge in [-0.25, -0.2) is 4.39 Å². The zero-order valence-electron chi connectivity index (χ0n) is 15.8. The lowest BCUT2D eigenvalue weighted by molar-refractivity contribution is -0.885. The van der Waals surface area contributed by atoms with Gasteiger partial charge in [-0.2, -0.15) is 0 Å². The van der Waals surface area contributed by atoms with E-state index >= 15 is 0 Å². The minimum Gasteiger partial charge on any atom is -0.321 e. The largest absolute Gasteiger partial charge is 0.321 e. The summed E-state index contributed by atoms with van der Waals surface area (Å²) in [6, 6.07) is 9.06. The van der Waals surface area contributed by atoms with Crippen molar-refractivity contribution in [2.75, 3.05) is 24.2 Å². The molecule has 2 amide bonds. The van der Waals surface area contributed by atoms with Crippen LogP contribution >= 0.6 is 11.6 Å². The first-order valence-corrected chi connectivity index (χ1v) is 9.01. The lowest BCUT2D eigenvalue weighted by atomic mass is 10.1. The predicted octanol–water partition coefficient (Wildman–Crippen LogP) is 2.58. The molecule has 2 rings (SSSR count). The minimum absolute atomic E-state index is 0.125. The molecule has 0 radical (unpaired) electrons. The van der Waals surface area contributed by atoms with Gasteiger partial charge in [0.15, 0.2) is 12.6 Å². The van der Waals surface area contributed by atoms with Crippen LogP contribution in [0.5, 0.6) is 0 Å². The molecule has 2 aromatic carbocycles. The summed E-state index contributed by atoms with van der Waals surface area (Å²) >= 11 is 5.94. The molecule has 0 saturated heterocycles. The molecule has 0 aliphatic heterocycles. The van der Waals surface area contributed by atoms with Gasteiger partial charge in [0, 0.05) is 5.69 Å². The Balaban J connectivity index is 1.96. The van der Waals surface area contributed by atoms with E-state index < -0.39 is 11.9 Å². The number of para-hydroxylation sites is 1. The number of hydrogen-bond donors (Lipinski definition) is 3. The molecule has 144 valence electrons. The predicted molar refractivity (Wildman–Crippen MR) is 106 cm³/mol. The second-order valence-corrected chi connectivity index (χ2v) is 7.08. The summed E-state index contributed by atoms with van der Waals surface area (Å²) in [4.78, 5) is 25.5. The highest BCUT2D eigenvalue weighted by atomic mass is 35.5. The lowest BCUT2D eigenvalue weighted by Gasteiger charge is -2.21. The van der Waals surface area contributed by atoms with Gasteiger partial charge in [-0.15, -0.1) is 0 Å². The molecular weight excluding hydrogens is 369 g/mol. The molecule has 2 atom stereocenters. The van der Waals surface area contributed by atoms with Crippen LogP contribution < -0.4 is 15.5 Å². The van der Waals surface area contributed by atoms with Gasteiger partial charge in [-0.3, -0.25) is 9.59 Å². The molecule has 0 aliphatic carbocycles. The fourth-order valence-corrected chi connectivity index (χ4v) is 2.87. The Morgan fingerprint density at radius 2 is 1.78 bits per heavy atom. The molecule has 1 unspecified atom stereocenters. The van der Waals surface area contributed by atoms with E-state index in [2.05, 4.69) is 10.6 Å². The van der Waals surface area contributed by atoms with Gasteiger partial charge < -0.3 is 15.5 Å². The number of aryl methyl sites for hydroxylation is 2. The summed E-state index contributed by atoms with van der Waals surface area (Å²) in [6.07, 6.45) is 0. The van der Waals surface area contributed by atoms with Crippen LogP contribution in [0.2, 0.25) is 5.02 Å². The Kier molecular flexibility index (Phi) is 6.93. The highest BCUT2D eigenvalue weighted by Gasteiger charge is 2.25. The number of carbonyl (C=O) groups excluding carboxylic acids is 2. The maximum atomic E-state index is 13.1. The average Bonchev–Trinajstić information content (AvgIpc) is 2.60. The Hall–Kier alpha value is -2.44. The van der Waals surface area contributed by atoms with E-state index in [0.29, 0.717) is 5.69 Å². The molecule has 0 aromatic heterocycles. The molecule has 2 aromatic rings. The molecule has 0 heterocycles. The van der Waals surface area contributed by atoms with Gasteiger partial charge in [-0.1, -0.05) is 29.8 Å². The Bertz CT molecular complexity index is 837. The number of halogens is 2. The summed E-state index contributed by atoms with van der Waals surface area (Å²) < 4.78 is 13.1. The van der Waals surface area contributed by atoms with Crippen LogP contribution in [0, 0.1) is 19.7 Å². The second-order valence-electron chi connectivity index (χ2n) is 6.67. The zero-order chi connectivity index (χ0) is 20.1. The van der Waals surface area contributed by atoms with Crippen molar-refractivity contribution in [3.8, 4) is 0 Å². The van der Waals surface area contributed by atoms with Crippen molar-refractivity contribution in [1.29, 1.82) is 0 Å². The molecule has 7 heteroatoms. The van der Waals surface area contributed by atoms with Crippen molar-refractivity contribution in [1.82, 2.24) is 0 Å². The van der Waals surface area contributed by atoms with E-state index in [1.54, 1.807) is 14.0 Å². The van der Waals surface area contributed by atoms with Crippen LogP contribution in [0.25, 0.3) is 0 Å². The van der Waals surface area contributed by atoms with Crippen molar-refractivity contribution in [3.05, 3.63) is 58.4 Å². The fourth-order valence-electron chi connectivity index (χ4n) is 2.66. The van der Waals surface area contributed by atoms with Crippen LogP contribution in [0.15, 0.2) is 36.4 Å². The van der Waals surface area contributed by atoms with E-state index in [-0.39, 0.29) is 23.4 Å². The molecule has 27 heavy (non-hydrogen) atoms.